The average Bonchev–Trinajstić information content (AvgIpc) is 2.68. The van der Waals surface area contributed by atoms with Crippen LogP contribution >= 0.6 is 12.6 Å². The Labute approximate surface area is 181 Å². The molecule has 0 bridgehead atoms. The Hall–Kier alpha value is -3.58. The maximum absolute atomic E-state index is 4.54. The minimum Gasteiger partial charge on any atom is -0.324 e. The summed E-state index contributed by atoms with van der Waals surface area (Å²) < 4.78 is 0. The van der Waals surface area contributed by atoms with Gasteiger partial charge in [0.1, 0.15) is 0 Å². The molecule has 1 aromatic heterocycles. The van der Waals surface area contributed by atoms with Crippen LogP contribution in [0.15, 0.2) is 77.7 Å². The van der Waals surface area contributed by atoms with Crippen molar-refractivity contribution in [1.29, 1.82) is 0 Å². The predicted molar refractivity (Wildman–Crippen MR) is 126 cm³/mol. The van der Waals surface area contributed by atoms with E-state index in [1.54, 1.807) is 0 Å². The Morgan fingerprint density at radius 3 is 1.37 bits per heavy atom. The molecular formula is C23H22N6S. The molecule has 0 atom stereocenters. The molecule has 0 radical (unpaired) electrons. The summed E-state index contributed by atoms with van der Waals surface area (Å²) in [6, 6.07) is 23.8. The summed E-state index contributed by atoms with van der Waals surface area (Å²) in [4.78, 5) is 14.5. The predicted octanol–water partition coefficient (Wildman–Crippen LogP) is 6.01. The fraction of sp³-hybridized carbons (Fsp3) is 0.0870. The number of nitrogens with zero attached hydrogens (tertiary/aromatic N) is 3. The monoisotopic (exact) mass is 414 g/mol. The first-order valence-electron chi connectivity index (χ1n) is 9.53. The number of rotatable bonds is 6. The van der Waals surface area contributed by atoms with Gasteiger partial charge in [-0.25, -0.2) is 0 Å². The van der Waals surface area contributed by atoms with Gasteiger partial charge in [0.15, 0.2) is 0 Å². The van der Waals surface area contributed by atoms with Crippen molar-refractivity contribution in [1.82, 2.24) is 15.0 Å². The van der Waals surface area contributed by atoms with Gasteiger partial charge in [0.05, 0.1) is 0 Å². The fourth-order valence-corrected chi connectivity index (χ4v) is 3.19. The smallest absolute Gasteiger partial charge is 0.233 e. The summed E-state index contributed by atoms with van der Waals surface area (Å²) in [6.07, 6.45) is 0. The minimum absolute atomic E-state index is 0.425. The van der Waals surface area contributed by atoms with Gasteiger partial charge >= 0.3 is 0 Å². The normalized spacial score (nSPS) is 10.5. The summed E-state index contributed by atoms with van der Waals surface area (Å²) in [7, 11) is 0. The molecule has 3 N–H and O–H groups in total. The first-order chi connectivity index (χ1) is 14.5. The second-order valence-corrected chi connectivity index (χ2v) is 7.49. The van der Waals surface area contributed by atoms with E-state index in [0.29, 0.717) is 17.8 Å². The van der Waals surface area contributed by atoms with Crippen LogP contribution in [0.25, 0.3) is 0 Å². The van der Waals surface area contributed by atoms with Gasteiger partial charge in [0.2, 0.25) is 17.8 Å². The SMILES string of the molecule is Cc1cccc(Nc2nc(Nc3cccc(C)c3)nc(Nc3cccc(S)c3)n2)c1. The van der Waals surface area contributed by atoms with E-state index < -0.39 is 0 Å². The Bertz CT molecular complexity index is 1020. The van der Waals surface area contributed by atoms with E-state index >= 15 is 0 Å². The van der Waals surface area contributed by atoms with Crippen molar-refractivity contribution in [2.45, 2.75) is 18.7 Å². The van der Waals surface area contributed by atoms with E-state index in [9.17, 15) is 0 Å². The van der Waals surface area contributed by atoms with Crippen LogP contribution in [0.4, 0.5) is 34.9 Å². The van der Waals surface area contributed by atoms with Gasteiger partial charge < -0.3 is 16.0 Å². The molecule has 0 aliphatic carbocycles. The van der Waals surface area contributed by atoms with Gasteiger partial charge in [-0.15, -0.1) is 12.6 Å². The summed E-state index contributed by atoms with van der Waals surface area (Å²) in [5.74, 6) is 1.31. The third-order valence-electron chi connectivity index (χ3n) is 4.29. The summed E-state index contributed by atoms with van der Waals surface area (Å²) >= 11 is 4.39. The lowest BCUT2D eigenvalue weighted by atomic mass is 10.2. The largest absolute Gasteiger partial charge is 0.324 e. The van der Waals surface area contributed by atoms with Crippen molar-refractivity contribution in [3.05, 3.63) is 83.9 Å². The zero-order chi connectivity index (χ0) is 20.9. The minimum atomic E-state index is 0.425. The molecule has 0 aliphatic rings. The zero-order valence-corrected chi connectivity index (χ0v) is 17.6. The average molecular weight is 415 g/mol. The van der Waals surface area contributed by atoms with Crippen LogP contribution in [-0.4, -0.2) is 15.0 Å². The second kappa shape index (κ2) is 8.84. The molecule has 0 saturated carbocycles. The van der Waals surface area contributed by atoms with Crippen LogP contribution in [0.3, 0.4) is 0 Å². The molecule has 150 valence electrons. The van der Waals surface area contributed by atoms with E-state index in [-0.39, 0.29) is 0 Å². The molecule has 0 amide bonds. The quantitative estimate of drug-likeness (QED) is 0.290. The van der Waals surface area contributed by atoms with Crippen molar-refractivity contribution in [2.75, 3.05) is 16.0 Å². The van der Waals surface area contributed by atoms with Crippen molar-refractivity contribution in [3.63, 3.8) is 0 Å². The van der Waals surface area contributed by atoms with Crippen LogP contribution in [0, 0.1) is 13.8 Å². The van der Waals surface area contributed by atoms with E-state index in [1.165, 1.54) is 0 Å². The molecule has 0 unspecified atom stereocenters. The Balaban J connectivity index is 1.67. The highest BCUT2D eigenvalue weighted by molar-refractivity contribution is 7.80. The molecule has 4 aromatic rings. The molecule has 1 heterocycles. The lowest BCUT2D eigenvalue weighted by Gasteiger charge is -2.12. The summed E-state index contributed by atoms with van der Waals surface area (Å²) in [6.45, 7) is 4.08. The van der Waals surface area contributed by atoms with Gasteiger partial charge in [-0.05, 0) is 67.4 Å². The molecule has 30 heavy (non-hydrogen) atoms. The van der Waals surface area contributed by atoms with Gasteiger partial charge in [-0.3, -0.25) is 0 Å². The van der Waals surface area contributed by atoms with Gasteiger partial charge in [-0.1, -0.05) is 30.3 Å². The lowest BCUT2D eigenvalue weighted by Crippen LogP contribution is -2.07. The second-order valence-electron chi connectivity index (χ2n) is 6.97. The van der Waals surface area contributed by atoms with Crippen molar-refractivity contribution in [3.8, 4) is 0 Å². The number of aromatic nitrogens is 3. The van der Waals surface area contributed by atoms with E-state index in [1.807, 2.05) is 86.6 Å². The van der Waals surface area contributed by atoms with Crippen molar-refractivity contribution < 1.29 is 0 Å². The number of benzene rings is 3. The molecule has 0 spiro atoms. The topological polar surface area (TPSA) is 74.8 Å². The number of thiol groups is 1. The molecular weight excluding hydrogens is 392 g/mol. The van der Waals surface area contributed by atoms with Crippen molar-refractivity contribution in [2.24, 2.45) is 0 Å². The number of hydrogen-bond donors (Lipinski definition) is 4. The standard InChI is InChI=1S/C23H22N6S/c1-15-6-3-8-17(12-15)24-21-27-22(25-18-9-4-7-16(2)13-18)29-23(28-21)26-19-10-5-11-20(30)14-19/h3-14,30H,1-2H3,(H3,24,25,26,27,28,29). The summed E-state index contributed by atoms with van der Waals surface area (Å²) in [5.41, 5.74) is 4.96. The van der Waals surface area contributed by atoms with Crippen LogP contribution in [0.2, 0.25) is 0 Å². The van der Waals surface area contributed by atoms with E-state index in [2.05, 4.69) is 43.5 Å². The third kappa shape index (κ3) is 5.27. The molecule has 4 rings (SSSR count). The Morgan fingerprint density at radius 1 is 0.567 bits per heavy atom. The molecule has 7 heteroatoms. The highest BCUT2D eigenvalue weighted by Crippen LogP contribution is 2.22. The lowest BCUT2D eigenvalue weighted by molar-refractivity contribution is 1.06. The zero-order valence-electron chi connectivity index (χ0n) is 16.7. The van der Waals surface area contributed by atoms with Crippen LogP contribution in [0.1, 0.15) is 11.1 Å². The van der Waals surface area contributed by atoms with E-state index in [4.69, 9.17) is 0 Å². The highest BCUT2D eigenvalue weighted by Gasteiger charge is 2.09. The third-order valence-corrected chi connectivity index (χ3v) is 4.56. The first kappa shape index (κ1) is 19.7. The molecule has 3 aromatic carbocycles. The number of aryl methyl sites for hydroxylation is 2. The maximum Gasteiger partial charge on any atom is 0.233 e. The molecule has 0 aliphatic heterocycles. The maximum atomic E-state index is 4.54. The summed E-state index contributed by atoms with van der Waals surface area (Å²) in [5, 5.41) is 9.75. The van der Waals surface area contributed by atoms with Crippen LogP contribution < -0.4 is 16.0 Å². The number of nitrogens with one attached hydrogen (secondary N) is 3. The van der Waals surface area contributed by atoms with E-state index in [0.717, 1.165) is 33.1 Å². The Kier molecular flexibility index (Phi) is 5.81. The van der Waals surface area contributed by atoms with Crippen LogP contribution in [-0.2, 0) is 0 Å². The van der Waals surface area contributed by atoms with Gasteiger partial charge in [-0.2, -0.15) is 15.0 Å². The van der Waals surface area contributed by atoms with Crippen LogP contribution in [0.5, 0.6) is 0 Å². The van der Waals surface area contributed by atoms with Crippen molar-refractivity contribution >= 4 is 47.5 Å². The number of anilines is 6. The first-order valence-corrected chi connectivity index (χ1v) is 9.98. The number of hydrogen-bond acceptors (Lipinski definition) is 7. The molecule has 0 saturated heterocycles. The molecule has 6 nitrogen and oxygen atoms in total. The highest BCUT2D eigenvalue weighted by atomic mass is 32.1. The Morgan fingerprint density at radius 2 is 0.967 bits per heavy atom. The van der Waals surface area contributed by atoms with Gasteiger partial charge in [0.25, 0.3) is 0 Å². The fourth-order valence-electron chi connectivity index (χ4n) is 2.96. The molecule has 0 fully saturated rings. The van der Waals surface area contributed by atoms with Gasteiger partial charge in [0, 0.05) is 22.0 Å².